The van der Waals surface area contributed by atoms with Crippen LogP contribution in [-0.2, 0) is 4.74 Å². The Kier molecular flexibility index (Phi) is 16.0. The van der Waals surface area contributed by atoms with Crippen LogP contribution in [0.15, 0.2) is 0 Å². The van der Waals surface area contributed by atoms with Crippen LogP contribution in [0.3, 0.4) is 0 Å². The van der Waals surface area contributed by atoms with Gasteiger partial charge >= 0.3 is 6.09 Å². The first-order chi connectivity index (χ1) is 5.72. The summed E-state index contributed by atoms with van der Waals surface area (Å²) in [7, 11) is 0. The SMILES string of the molecule is CCCOC(=O)NCC.[CH3][Al][CH3]. The third-order valence-corrected chi connectivity index (χ3v) is 0.758. The zero-order valence-corrected chi connectivity index (χ0v) is 9.67. The number of rotatable bonds is 3. The molecule has 0 aliphatic heterocycles. The van der Waals surface area contributed by atoms with Gasteiger partial charge in [0.1, 0.15) is 0 Å². The summed E-state index contributed by atoms with van der Waals surface area (Å²) in [5, 5.41) is 2.52. The molecule has 0 aromatic heterocycles. The lowest BCUT2D eigenvalue weighted by molar-refractivity contribution is 0.147. The lowest BCUT2D eigenvalue weighted by Gasteiger charge is -2.01. The van der Waals surface area contributed by atoms with Crippen molar-refractivity contribution in [2.24, 2.45) is 0 Å². The Morgan fingerprint density at radius 1 is 1.42 bits per heavy atom. The molecule has 0 saturated heterocycles. The summed E-state index contributed by atoms with van der Waals surface area (Å²) in [5.74, 6) is 4.42. The molecule has 1 amide bonds. The van der Waals surface area contributed by atoms with E-state index in [2.05, 4.69) is 21.6 Å². The van der Waals surface area contributed by atoms with Gasteiger partial charge in [-0.3, -0.25) is 0 Å². The van der Waals surface area contributed by atoms with Crippen molar-refractivity contribution in [1.29, 1.82) is 0 Å². The van der Waals surface area contributed by atoms with Crippen molar-refractivity contribution in [1.82, 2.24) is 5.32 Å². The van der Waals surface area contributed by atoms with Crippen molar-refractivity contribution in [3.63, 3.8) is 0 Å². The first kappa shape index (κ1) is 14.3. The largest absolute Gasteiger partial charge is 0.450 e. The number of hydrogen-bond donors (Lipinski definition) is 1. The lowest BCUT2D eigenvalue weighted by atomic mass is 10.5. The average molecular weight is 188 g/mol. The average Bonchev–Trinajstić information content (AvgIpc) is 2.03. The predicted molar refractivity (Wildman–Crippen MR) is 52.8 cm³/mol. The molecule has 0 atom stereocenters. The third kappa shape index (κ3) is 16.4. The van der Waals surface area contributed by atoms with E-state index in [1.54, 1.807) is 0 Å². The van der Waals surface area contributed by atoms with E-state index in [9.17, 15) is 4.79 Å². The van der Waals surface area contributed by atoms with Gasteiger partial charge in [0.25, 0.3) is 0 Å². The van der Waals surface area contributed by atoms with Crippen LogP contribution in [0.1, 0.15) is 20.3 Å². The van der Waals surface area contributed by atoms with Gasteiger partial charge in [0.05, 0.1) is 6.61 Å². The molecule has 0 saturated carbocycles. The first-order valence-electron chi connectivity index (χ1n) is 4.37. The molecule has 0 bridgehead atoms. The van der Waals surface area contributed by atoms with Gasteiger partial charge in [-0.25, -0.2) is 4.79 Å². The molecular formula is C8H19AlNO2. The summed E-state index contributed by atoms with van der Waals surface area (Å²) in [5.41, 5.74) is 0. The van der Waals surface area contributed by atoms with Gasteiger partial charge in [-0.2, -0.15) is 0 Å². The monoisotopic (exact) mass is 188 g/mol. The highest BCUT2D eigenvalue weighted by Crippen LogP contribution is 1.80. The highest BCUT2D eigenvalue weighted by Gasteiger charge is 1.94. The number of nitrogens with one attached hydrogen (secondary N) is 1. The van der Waals surface area contributed by atoms with Crippen molar-refractivity contribution in [3.05, 3.63) is 0 Å². The van der Waals surface area contributed by atoms with E-state index < -0.39 is 0 Å². The number of amides is 1. The Morgan fingerprint density at radius 2 is 1.92 bits per heavy atom. The minimum absolute atomic E-state index is 0.320. The van der Waals surface area contributed by atoms with Gasteiger partial charge in [-0.1, -0.05) is 6.92 Å². The lowest BCUT2D eigenvalue weighted by Crippen LogP contribution is -2.23. The van der Waals surface area contributed by atoms with Gasteiger partial charge < -0.3 is 10.1 Å². The molecule has 0 fully saturated rings. The minimum atomic E-state index is -0.320. The molecule has 0 unspecified atom stereocenters. The topological polar surface area (TPSA) is 38.3 Å². The van der Waals surface area contributed by atoms with Gasteiger partial charge in [-0.15, -0.1) is 11.6 Å². The fourth-order valence-electron chi connectivity index (χ4n) is 0.390. The van der Waals surface area contributed by atoms with E-state index in [0.717, 1.165) is 21.6 Å². The van der Waals surface area contributed by atoms with Gasteiger partial charge in [0.15, 0.2) is 15.2 Å². The number of alkyl carbamates (subject to hydrolysis) is 1. The minimum Gasteiger partial charge on any atom is -0.450 e. The number of hydrogen-bond acceptors (Lipinski definition) is 2. The fourth-order valence-corrected chi connectivity index (χ4v) is 0.390. The normalized spacial score (nSPS) is 7.67. The Balaban J connectivity index is 0. The summed E-state index contributed by atoms with van der Waals surface area (Å²) in [4.78, 5) is 10.5. The van der Waals surface area contributed by atoms with Crippen LogP contribution in [-0.4, -0.2) is 34.5 Å². The first-order valence-corrected chi connectivity index (χ1v) is 6.68. The molecule has 0 spiro atoms. The Hall–Kier alpha value is -0.198. The molecule has 3 nitrogen and oxygen atoms in total. The molecule has 0 aliphatic rings. The predicted octanol–water partition coefficient (Wildman–Crippen LogP) is 1.93. The van der Waals surface area contributed by atoms with Crippen LogP contribution in [0.5, 0.6) is 0 Å². The van der Waals surface area contributed by atoms with E-state index in [4.69, 9.17) is 0 Å². The summed E-state index contributed by atoms with van der Waals surface area (Å²) < 4.78 is 4.68. The second kappa shape index (κ2) is 13.4. The summed E-state index contributed by atoms with van der Waals surface area (Å²) in [6.45, 7) is 4.95. The molecule has 71 valence electrons. The second-order valence-electron chi connectivity index (χ2n) is 2.24. The van der Waals surface area contributed by atoms with Crippen molar-refractivity contribution in [2.45, 2.75) is 31.8 Å². The van der Waals surface area contributed by atoms with Crippen molar-refractivity contribution in [3.8, 4) is 0 Å². The molecular weight excluding hydrogens is 169 g/mol. The molecule has 0 heterocycles. The van der Waals surface area contributed by atoms with Gasteiger partial charge in [0.2, 0.25) is 0 Å². The van der Waals surface area contributed by atoms with Crippen LogP contribution < -0.4 is 5.32 Å². The maximum Gasteiger partial charge on any atom is 0.407 e. The van der Waals surface area contributed by atoms with Gasteiger partial charge in [-0.05, 0) is 13.3 Å². The Morgan fingerprint density at radius 3 is 2.25 bits per heavy atom. The molecule has 12 heavy (non-hydrogen) atoms. The van der Waals surface area contributed by atoms with Crippen LogP contribution in [0, 0.1) is 0 Å². The van der Waals surface area contributed by atoms with E-state index >= 15 is 0 Å². The molecule has 0 aromatic rings. The zero-order valence-electron chi connectivity index (χ0n) is 8.52. The quantitative estimate of drug-likeness (QED) is 0.687. The smallest absolute Gasteiger partial charge is 0.407 e. The molecule has 0 aromatic carbocycles. The molecule has 0 rings (SSSR count). The van der Waals surface area contributed by atoms with E-state index in [0.29, 0.717) is 13.2 Å². The van der Waals surface area contributed by atoms with Crippen LogP contribution in [0.25, 0.3) is 0 Å². The molecule has 4 heteroatoms. The molecule has 0 aliphatic carbocycles. The second-order valence-corrected chi connectivity index (χ2v) is 3.40. The van der Waals surface area contributed by atoms with Gasteiger partial charge in [0, 0.05) is 6.54 Å². The van der Waals surface area contributed by atoms with Crippen molar-refractivity contribution in [2.75, 3.05) is 13.2 Å². The van der Waals surface area contributed by atoms with E-state index in [-0.39, 0.29) is 6.09 Å². The Labute approximate surface area is 81.6 Å². The van der Waals surface area contributed by atoms with Crippen LogP contribution in [0.4, 0.5) is 4.79 Å². The van der Waals surface area contributed by atoms with E-state index in [1.807, 2.05) is 13.8 Å². The summed E-state index contributed by atoms with van der Waals surface area (Å²) in [6, 6.07) is 0. The van der Waals surface area contributed by atoms with E-state index in [1.165, 1.54) is 0 Å². The van der Waals surface area contributed by atoms with Crippen LogP contribution >= 0.6 is 0 Å². The van der Waals surface area contributed by atoms with Crippen LogP contribution in [0.2, 0.25) is 11.6 Å². The summed E-state index contributed by atoms with van der Waals surface area (Å²) >= 11 is 0.750. The maximum absolute atomic E-state index is 10.5. The zero-order chi connectivity index (χ0) is 9.82. The number of ether oxygens (including phenoxy) is 1. The number of carbonyl (C=O) groups is 1. The third-order valence-electron chi connectivity index (χ3n) is 0.758. The van der Waals surface area contributed by atoms with Crippen molar-refractivity contribution < 1.29 is 9.53 Å². The Bertz CT molecular complexity index is 99.1. The number of carbonyl (C=O) groups excluding carboxylic acids is 1. The molecule has 1 radical (unpaired) electrons. The highest BCUT2D eigenvalue weighted by atomic mass is 27.1. The standard InChI is InChI=1S/C6H13NO2.2CH3.Al/c1-3-5-9-6(8)7-4-2;;;/h3-5H2,1-2H3,(H,7,8);2*1H3;. The van der Waals surface area contributed by atoms with Crippen molar-refractivity contribution >= 4 is 21.3 Å². The summed E-state index contributed by atoms with van der Waals surface area (Å²) in [6.07, 6.45) is 0.552. The fraction of sp³-hybridized carbons (Fsp3) is 0.875. The highest BCUT2D eigenvalue weighted by molar-refractivity contribution is 6.31. The maximum atomic E-state index is 10.5. The molecule has 1 N–H and O–H groups in total.